The quantitative estimate of drug-likeness (QED) is 0.390. The molecule has 0 aliphatic carbocycles. The molecular formula is C11H17NO5S. The number of esters is 1. The number of hydrogen-bond acceptors (Lipinski definition) is 5. The Labute approximate surface area is 109 Å². The third-order valence-electron chi connectivity index (χ3n) is 2.70. The van der Waals surface area contributed by atoms with Gasteiger partial charge in [-0.05, 0) is 6.42 Å². The van der Waals surface area contributed by atoms with Crippen molar-refractivity contribution in [2.24, 2.45) is 5.92 Å². The number of amides is 2. The van der Waals surface area contributed by atoms with E-state index in [1.54, 1.807) is 6.92 Å². The van der Waals surface area contributed by atoms with Gasteiger partial charge < -0.3 is 9.29 Å². The molecule has 0 saturated carbocycles. The fourth-order valence-electron chi connectivity index (χ4n) is 1.60. The minimum absolute atomic E-state index is 0.0354. The summed E-state index contributed by atoms with van der Waals surface area (Å²) >= 11 is -1.03. The molecule has 1 heterocycles. The molecular weight excluding hydrogens is 258 g/mol. The van der Waals surface area contributed by atoms with E-state index in [0.29, 0.717) is 6.42 Å². The first-order chi connectivity index (χ1) is 8.41. The van der Waals surface area contributed by atoms with Crippen molar-refractivity contribution in [2.45, 2.75) is 19.8 Å². The molecule has 0 bridgehead atoms. The first-order valence-corrected chi connectivity index (χ1v) is 7.44. The molecule has 1 aliphatic heterocycles. The molecule has 1 fully saturated rings. The van der Waals surface area contributed by atoms with E-state index in [0.717, 1.165) is 4.90 Å². The Morgan fingerprint density at radius 3 is 2.83 bits per heavy atom. The first-order valence-electron chi connectivity index (χ1n) is 5.71. The Morgan fingerprint density at radius 2 is 2.22 bits per heavy atom. The minimum Gasteiger partial charge on any atom is -0.616 e. The SMILES string of the molecule is CC1CCC(=O)N(CC(=O)OCC[S+](C)[O-])C1=O. The smallest absolute Gasteiger partial charge is 0.326 e. The van der Waals surface area contributed by atoms with Gasteiger partial charge >= 0.3 is 5.97 Å². The van der Waals surface area contributed by atoms with E-state index in [9.17, 15) is 18.9 Å². The molecule has 1 aliphatic rings. The van der Waals surface area contributed by atoms with Crippen molar-refractivity contribution in [3.8, 4) is 0 Å². The highest BCUT2D eigenvalue weighted by atomic mass is 32.2. The second-order valence-electron chi connectivity index (χ2n) is 4.26. The van der Waals surface area contributed by atoms with Gasteiger partial charge in [0.2, 0.25) is 11.8 Å². The lowest BCUT2D eigenvalue weighted by atomic mass is 9.99. The Hall–Kier alpha value is -1.08. The second-order valence-corrected chi connectivity index (χ2v) is 5.81. The highest BCUT2D eigenvalue weighted by Gasteiger charge is 2.33. The molecule has 0 aromatic carbocycles. The Balaban J connectivity index is 2.42. The van der Waals surface area contributed by atoms with E-state index in [2.05, 4.69) is 0 Å². The molecule has 0 radical (unpaired) electrons. The summed E-state index contributed by atoms with van der Waals surface area (Å²) in [5, 5.41) is 0. The van der Waals surface area contributed by atoms with Crippen LogP contribution >= 0.6 is 0 Å². The van der Waals surface area contributed by atoms with E-state index in [1.807, 2.05) is 0 Å². The van der Waals surface area contributed by atoms with Gasteiger partial charge in [0, 0.05) is 12.3 Å². The van der Waals surface area contributed by atoms with Gasteiger partial charge in [0.1, 0.15) is 18.9 Å². The third-order valence-corrected chi connectivity index (χ3v) is 3.44. The molecule has 6 nitrogen and oxygen atoms in total. The maximum Gasteiger partial charge on any atom is 0.326 e. The van der Waals surface area contributed by atoms with Gasteiger partial charge in [-0.1, -0.05) is 18.1 Å². The van der Waals surface area contributed by atoms with Crippen molar-refractivity contribution >= 4 is 29.0 Å². The van der Waals surface area contributed by atoms with Gasteiger partial charge in [0.05, 0.1) is 6.26 Å². The molecule has 2 atom stereocenters. The number of nitrogens with zero attached hydrogens (tertiary/aromatic N) is 1. The Bertz CT molecular complexity index is 344. The summed E-state index contributed by atoms with van der Waals surface area (Å²) in [6, 6.07) is 0. The van der Waals surface area contributed by atoms with Crippen LogP contribution in [0.2, 0.25) is 0 Å². The first kappa shape index (κ1) is 15.0. The monoisotopic (exact) mass is 275 g/mol. The number of rotatable bonds is 5. The van der Waals surface area contributed by atoms with Gasteiger partial charge in [0.15, 0.2) is 0 Å². The zero-order valence-corrected chi connectivity index (χ0v) is 11.3. The molecule has 102 valence electrons. The molecule has 0 aromatic rings. The van der Waals surface area contributed by atoms with Crippen molar-refractivity contribution < 1.29 is 23.7 Å². The average Bonchev–Trinajstić information content (AvgIpc) is 2.29. The summed E-state index contributed by atoms with van der Waals surface area (Å²) in [4.78, 5) is 35.6. The number of hydrogen-bond donors (Lipinski definition) is 0. The summed E-state index contributed by atoms with van der Waals surface area (Å²) in [6.45, 7) is 1.42. The Kier molecular flexibility index (Phi) is 5.61. The van der Waals surface area contributed by atoms with Crippen LogP contribution in [0.5, 0.6) is 0 Å². The van der Waals surface area contributed by atoms with Crippen LogP contribution in [0.3, 0.4) is 0 Å². The second kappa shape index (κ2) is 6.75. The van der Waals surface area contributed by atoms with Crippen molar-refractivity contribution in [3.05, 3.63) is 0 Å². The molecule has 2 unspecified atom stereocenters. The number of likely N-dealkylation sites (tertiary alicyclic amines) is 1. The summed E-state index contributed by atoms with van der Waals surface area (Å²) < 4.78 is 15.6. The zero-order valence-electron chi connectivity index (χ0n) is 10.5. The van der Waals surface area contributed by atoms with Crippen LogP contribution in [0, 0.1) is 5.92 Å². The van der Waals surface area contributed by atoms with Crippen LogP contribution < -0.4 is 0 Å². The van der Waals surface area contributed by atoms with Crippen molar-refractivity contribution in [3.63, 3.8) is 0 Å². The molecule has 1 saturated heterocycles. The van der Waals surface area contributed by atoms with Crippen molar-refractivity contribution in [1.29, 1.82) is 0 Å². The predicted octanol–water partition coefficient (Wildman–Crippen LogP) is -0.307. The van der Waals surface area contributed by atoms with Gasteiger partial charge in [-0.3, -0.25) is 19.3 Å². The summed E-state index contributed by atoms with van der Waals surface area (Å²) in [6.07, 6.45) is 2.31. The van der Waals surface area contributed by atoms with Crippen LogP contribution in [0.4, 0.5) is 0 Å². The number of carbonyl (C=O) groups excluding carboxylic acids is 3. The zero-order chi connectivity index (χ0) is 13.7. The van der Waals surface area contributed by atoms with Crippen LogP contribution in [0.25, 0.3) is 0 Å². The summed E-state index contributed by atoms with van der Waals surface area (Å²) in [7, 11) is 0. The topological polar surface area (TPSA) is 86.7 Å². The lowest BCUT2D eigenvalue weighted by Crippen LogP contribution is -2.47. The standard InChI is InChI=1S/C11H17NO5S/c1-8-3-4-9(13)12(11(8)15)7-10(14)17-5-6-18(2)16/h8H,3-7H2,1-2H3. The van der Waals surface area contributed by atoms with Gasteiger partial charge in [-0.2, -0.15) is 0 Å². The predicted molar refractivity (Wildman–Crippen MR) is 65.0 cm³/mol. The molecule has 7 heteroatoms. The number of ether oxygens (including phenoxy) is 1. The van der Waals surface area contributed by atoms with E-state index in [1.165, 1.54) is 6.26 Å². The molecule has 0 spiro atoms. The van der Waals surface area contributed by atoms with Crippen LogP contribution in [-0.4, -0.2) is 52.4 Å². The fourth-order valence-corrected chi connectivity index (χ4v) is 1.92. The average molecular weight is 275 g/mol. The number of imide groups is 1. The van der Waals surface area contributed by atoms with Crippen molar-refractivity contribution in [2.75, 3.05) is 25.2 Å². The summed E-state index contributed by atoms with van der Waals surface area (Å²) in [5.74, 6) is -1.30. The van der Waals surface area contributed by atoms with E-state index < -0.39 is 17.1 Å². The largest absolute Gasteiger partial charge is 0.616 e. The Morgan fingerprint density at radius 1 is 1.56 bits per heavy atom. The molecule has 0 N–H and O–H groups in total. The highest BCUT2D eigenvalue weighted by molar-refractivity contribution is 7.90. The van der Waals surface area contributed by atoms with E-state index in [-0.39, 0.29) is 43.1 Å². The normalized spacial score (nSPS) is 21.9. The van der Waals surface area contributed by atoms with Crippen molar-refractivity contribution in [1.82, 2.24) is 4.90 Å². The summed E-state index contributed by atoms with van der Waals surface area (Å²) in [5.41, 5.74) is 0. The molecule has 1 rings (SSSR count). The molecule has 18 heavy (non-hydrogen) atoms. The maximum atomic E-state index is 11.7. The van der Waals surface area contributed by atoms with E-state index in [4.69, 9.17) is 4.74 Å². The maximum absolute atomic E-state index is 11.7. The highest BCUT2D eigenvalue weighted by Crippen LogP contribution is 2.18. The van der Waals surface area contributed by atoms with Crippen LogP contribution in [-0.2, 0) is 30.3 Å². The lowest BCUT2D eigenvalue weighted by molar-refractivity contribution is -0.159. The molecule has 0 aromatic heterocycles. The number of piperidine rings is 1. The molecule has 2 amide bonds. The fraction of sp³-hybridized carbons (Fsp3) is 0.727. The van der Waals surface area contributed by atoms with Gasteiger partial charge in [-0.15, -0.1) is 0 Å². The van der Waals surface area contributed by atoms with E-state index >= 15 is 0 Å². The van der Waals surface area contributed by atoms with Gasteiger partial charge in [-0.25, -0.2) is 0 Å². The number of carbonyl (C=O) groups is 3. The van der Waals surface area contributed by atoms with Gasteiger partial charge in [0.25, 0.3) is 0 Å². The minimum atomic E-state index is -1.03. The lowest BCUT2D eigenvalue weighted by Gasteiger charge is -2.27. The third kappa shape index (κ3) is 4.30. The van der Waals surface area contributed by atoms with Crippen LogP contribution in [0.1, 0.15) is 19.8 Å². The van der Waals surface area contributed by atoms with Crippen LogP contribution in [0.15, 0.2) is 0 Å².